The third-order valence-corrected chi connectivity index (χ3v) is 3.18. The van der Waals surface area contributed by atoms with E-state index in [2.05, 4.69) is 9.97 Å². The van der Waals surface area contributed by atoms with Gasteiger partial charge in [0.05, 0.1) is 0 Å². The molecular formula is C12H16N2O5. The Bertz CT molecular complexity index is 514. The lowest BCUT2D eigenvalue weighted by atomic mass is 9.93. The van der Waals surface area contributed by atoms with Crippen LogP contribution in [0.25, 0.3) is 0 Å². The summed E-state index contributed by atoms with van der Waals surface area (Å²) in [5.74, 6) is -0.926. The van der Waals surface area contributed by atoms with Gasteiger partial charge in [-0.15, -0.1) is 0 Å². The largest absolute Gasteiger partial charge is 0.477 e. The third kappa shape index (κ3) is 2.66. The van der Waals surface area contributed by atoms with Crippen LogP contribution in [0.15, 0.2) is 11.0 Å². The third-order valence-electron chi connectivity index (χ3n) is 3.18. The number of ether oxygens (including phenoxy) is 2. The van der Waals surface area contributed by atoms with Crippen LogP contribution in [0.3, 0.4) is 0 Å². The minimum absolute atomic E-state index is 0.368. The summed E-state index contributed by atoms with van der Waals surface area (Å²) in [6, 6.07) is 0. The first kappa shape index (κ1) is 13.7. The van der Waals surface area contributed by atoms with E-state index in [1.54, 1.807) is 0 Å². The van der Waals surface area contributed by atoms with Crippen LogP contribution >= 0.6 is 0 Å². The Morgan fingerprint density at radius 1 is 1.58 bits per heavy atom. The number of nitrogens with one attached hydrogen (secondary N) is 1. The van der Waals surface area contributed by atoms with E-state index < -0.39 is 17.1 Å². The molecule has 0 amide bonds. The van der Waals surface area contributed by atoms with Crippen molar-refractivity contribution in [2.45, 2.75) is 25.4 Å². The Balaban J connectivity index is 2.40. The van der Waals surface area contributed by atoms with Crippen molar-refractivity contribution in [3.05, 3.63) is 27.9 Å². The van der Waals surface area contributed by atoms with Crippen molar-refractivity contribution in [3.8, 4) is 0 Å². The summed E-state index contributed by atoms with van der Waals surface area (Å²) in [6.45, 7) is 3.38. The zero-order chi connectivity index (χ0) is 13.9. The number of H-pyrrole nitrogens is 1. The minimum Gasteiger partial charge on any atom is -0.477 e. The first-order valence-corrected chi connectivity index (χ1v) is 6.14. The average Bonchev–Trinajstić information content (AvgIpc) is 2.39. The Morgan fingerprint density at radius 3 is 2.79 bits per heavy atom. The molecule has 0 spiro atoms. The average molecular weight is 268 g/mol. The number of carboxylic acid groups (broad SMARTS) is 1. The van der Waals surface area contributed by atoms with Crippen molar-refractivity contribution in [2.75, 3.05) is 19.8 Å². The van der Waals surface area contributed by atoms with Crippen molar-refractivity contribution in [2.24, 2.45) is 0 Å². The van der Waals surface area contributed by atoms with E-state index in [4.69, 9.17) is 14.6 Å². The van der Waals surface area contributed by atoms with Crippen LogP contribution in [-0.4, -0.2) is 40.9 Å². The molecule has 0 radical (unpaired) electrons. The van der Waals surface area contributed by atoms with Crippen LogP contribution in [0, 0.1) is 0 Å². The van der Waals surface area contributed by atoms with Gasteiger partial charge >= 0.3 is 5.97 Å². The first-order valence-electron chi connectivity index (χ1n) is 6.14. The molecule has 0 aromatic carbocycles. The summed E-state index contributed by atoms with van der Waals surface area (Å²) in [4.78, 5) is 29.1. The number of aromatic amines is 1. The topological polar surface area (TPSA) is 102 Å². The van der Waals surface area contributed by atoms with Crippen molar-refractivity contribution in [1.29, 1.82) is 0 Å². The van der Waals surface area contributed by atoms with Gasteiger partial charge in [-0.2, -0.15) is 0 Å². The highest BCUT2D eigenvalue weighted by Gasteiger charge is 2.38. The van der Waals surface area contributed by atoms with Gasteiger partial charge in [-0.1, -0.05) is 0 Å². The fourth-order valence-electron chi connectivity index (χ4n) is 2.21. The number of hydrogen-bond donors (Lipinski definition) is 2. The molecular weight excluding hydrogens is 252 g/mol. The molecule has 2 heterocycles. The molecule has 0 aliphatic carbocycles. The molecule has 0 atom stereocenters. The molecule has 1 aliphatic rings. The molecule has 1 fully saturated rings. The van der Waals surface area contributed by atoms with Gasteiger partial charge < -0.3 is 19.6 Å². The van der Waals surface area contributed by atoms with E-state index in [9.17, 15) is 9.59 Å². The SMILES string of the molecule is CCOC1(c2ncc(C(=O)O)c(=O)[nH]2)CCOCC1. The predicted molar refractivity (Wildman–Crippen MR) is 65.2 cm³/mol. The summed E-state index contributed by atoms with van der Waals surface area (Å²) >= 11 is 0. The monoisotopic (exact) mass is 268 g/mol. The van der Waals surface area contributed by atoms with E-state index in [1.165, 1.54) is 0 Å². The molecule has 2 N–H and O–H groups in total. The van der Waals surface area contributed by atoms with Crippen LogP contribution in [-0.2, 0) is 15.1 Å². The van der Waals surface area contributed by atoms with Crippen LogP contribution in [0.4, 0.5) is 0 Å². The van der Waals surface area contributed by atoms with Crippen molar-refractivity contribution >= 4 is 5.97 Å². The number of aromatic nitrogens is 2. The van der Waals surface area contributed by atoms with E-state index in [0.717, 1.165) is 6.20 Å². The maximum absolute atomic E-state index is 11.7. The number of rotatable bonds is 4. The molecule has 1 aromatic heterocycles. The molecule has 1 saturated heterocycles. The van der Waals surface area contributed by atoms with Gasteiger partial charge in [0, 0.05) is 38.9 Å². The van der Waals surface area contributed by atoms with E-state index in [1.807, 2.05) is 6.92 Å². The Kier molecular flexibility index (Phi) is 3.96. The molecule has 0 unspecified atom stereocenters. The molecule has 19 heavy (non-hydrogen) atoms. The van der Waals surface area contributed by atoms with Crippen LogP contribution < -0.4 is 5.56 Å². The second-order valence-electron chi connectivity index (χ2n) is 4.32. The Morgan fingerprint density at radius 2 is 2.26 bits per heavy atom. The van der Waals surface area contributed by atoms with E-state index >= 15 is 0 Å². The van der Waals surface area contributed by atoms with Crippen LogP contribution in [0.1, 0.15) is 35.9 Å². The molecule has 7 heteroatoms. The number of carbonyl (C=O) groups is 1. The Hall–Kier alpha value is -1.73. The van der Waals surface area contributed by atoms with E-state index in [-0.39, 0.29) is 5.56 Å². The predicted octanol–water partition coefficient (Wildman–Crippen LogP) is 0.510. The Labute approximate surface area is 109 Å². The normalized spacial score (nSPS) is 18.2. The maximum atomic E-state index is 11.7. The number of hydrogen-bond acceptors (Lipinski definition) is 5. The quantitative estimate of drug-likeness (QED) is 0.825. The lowest BCUT2D eigenvalue weighted by Gasteiger charge is -2.35. The number of nitrogens with zero attached hydrogens (tertiary/aromatic N) is 1. The minimum atomic E-state index is -1.29. The van der Waals surface area contributed by atoms with Crippen LogP contribution in [0.2, 0.25) is 0 Å². The van der Waals surface area contributed by atoms with Gasteiger partial charge in [0.2, 0.25) is 0 Å². The summed E-state index contributed by atoms with van der Waals surface area (Å²) in [7, 11) is 0. The van der Waals surface area contributed by atoms with Gasteiger partial charge in [-0.05, 0) is 6.92 Å². The summed E-state index contributed by atoms with van der Waals surface area (Å²) in [6.07, 6.45) is 2.24. The van der Waals surface area contributed by atoms with E-state index in [0.29, 0.717) is 38.5 Å². The summed E-state index contributed by atoms with van der Waals surface area (Å²) in [5.41, 5.74) is -1.73. The van der Waals surface area contributed by atoms with Crippen molar-refractivity contribution in [3.63, 3.8) is 0 Å². The van der Waals surface area contributed by atoms with Crippen LogP contribution in [0.5, 0.6) is 0 Å². The van der Waals surface area contributed by atoms with Gasteiger partial charge in [-0.3, -0.25) is 4.79 Å². The summed E-state index contributed by atoms with van der Waals surface area (Å²) in [5, 5.41) is 8.82. The molecule has 7 nitrogen and oxygen atoms in total. The molecule has 1 aromatic rings. The van der Waals surface area contributed by atoms with Gasteiger partial charge in [0.25, 0.3) is 5.56 Å². The fourth-order valence-corrected chi connectivity index (χ4v) is 2.21. The van der Waals surface area contributed by atoms with Crippen molar-refractivity contribution < 1.29 is 19.4 Å². The number of carboxylic acids is 1. The highest BCUT2D eigenvalue weighted by Crippen LogP contribution is 2.33. The zero-order valence-electron chi connectivity index (χ0n) is 10.6. The zero-order valence-corrected chi connectivity index (χ0v) is 10.6. The highest BCUT2D eigenvalue weighted by atomic mass is 16.5. The van der Waals surface area contributed by atoms with Crippen molar-refractivity contribution in [1.82, 2.24) is 9.97 Å². The molecule has 2 rings (SSSR count). The lowest BCUT2D eigenvalue weighted by Crippen LogP contribution is -2.40. The lowest BCUT2D eigenvalue weighted by molar-refractivity contribution is -0.118. The molecule has 1 aliphatic heterocycles. The smallest absolute Gasteiger partial charge is 0.342 e. The fraction of sp³-hybridized carbons (Fsp3) is 0.583. The standard InChI is InChI=1S/C12H16N2O5/c1-2-19-12(3-5-18-6-4-12)11-13-7-8(10(16)17)9(15)14-11/h7H,2-6H2,1H3,(H,16,17)(H,13,14,15). The van der Waals surface area contributed by atoms with Gasteiger partial charge in [0.15, 0.2) is 0 Å². The first-order chi connectivity index (χ1) is 9.09. The molecule has 0 saturated carbocycles. The van der Waals surface area contributed by atoms with Gasteiger partial charge in [-0.25, -0.2) is 9.78 Å². The molecule has 104 valence electrons. The maximum Gasteiger partial charge on any atom is 0.342 e. The molecule has 0 bridgehead atoms. The second kappa shape index (κ2) is 5.50. The number of aromatic carboxylic acids is 1. The second-order valence-corrected chi connectivity index (χ2v) is 4.32. The highest BCUT2D eigenvalue weighted by molar-refractivity contribution is 5.86. The van der Waals surface area contributed by atoms with Gasteiger partial charge in [0.1, 0.15) is 17.0 Å². The summed E-state index contributed by atoms with van der Waals surface area (Å²) < 4.78 is 11.0.